The standard InChI is InChI=1S/C14H22N4O3S/c1-9(2)13-16-6-12(10(3)17-13)14(19)18-5-4-11(7-18)8-22(15,20)21/h6,9,11H,4-5,7-8H2,1-3H3,(H2,15,20,21)/t11-/m0/s1. The summed E-state index contributed by atoms with van der Waals surface area (Å²) in [6.07, 6.45) is 2.21. The van der Waals surface area contributed by atoms with E-state index in [9.17, 15) is 13.2 Å². The molecule has 1 atom stereocenters. The molecule has 8 heteroatoms. The minimum Gasteiger partial charge on any atom is -0.338 e. The van der Waals surface area contributed by atoms with E-state index >= 15 is 0 Å². The molecule has 1 fully saturated rings. The van der Waals surface area contributed by atoms with Crippen molar-refractivity contribution in [1.29, 1.82) is 0 Å². The first-order chi connectivity index (χ1) is 10.2. The molecule has 1 aromatic rings. The van der Waals surface area contributed by atoms with E-state index in [1.54, 1.807) is 18.0 Å². The van der Waals surface area contributed by atoms with Crippen molar-refractivity contribution in [3.8, 4) is 0 Å². The highest BCUT2D eigenvalue weighted by Gasteiger charge is 2.30. The molecule has 1 amide bonds. The van der Waals surface area contributed by atoms with Crippen LogP contribution < -0.4 is 5.14 Å². The van der Waals surface area contributed by atoms with Crippen molar-refractivity contribution in [3.05, 3.63) is 23.3 Å². The number of hydrogen-bond acceptors (Lipinski definition) is 5. The Morgan fingerprint density at radius 3 is 2.73 bits per heavy atom. The molecule has 1 aromatic heterocycles. The Morgan fingerprint density at radius 1 is 1.50 bits per heavy atom. The second kappa shape index (κ2) is 6.29. The molecular weight excluding hydrogens is 304 g/mol. The summed E-state index contributed by atoms with van der Waals surface area (Å²) in [6.45, 7) is 6.72. The quantitative estimate of drug-likeness (QED) is 0.874. The third-order valence-corrected chi connectivity index (χ3v) is 4.72. The van der Waals surface area contributed by atoms with Gasteiger partial charge >= 0.3 is 0 Å². The number of rotatable bonds is 4. The Bertz CT molecular complexity index is 673. The van der Waals surface area contributed by atoms with Crippen LogP contribution in [0.3, 0.4) is 0 Å². The molecule has 2 rings (SSSR count). The van der Waals surface area contributed by atoms with E-state index < -0.39 is 10.0 Å². The van der Waals surface area contributed by atoms with Crippen LogP contribution in [0.5, 0.6) is 0 Å². The number of primary sulfonamides is 1. The maximum absolute atomic E-state index is 12.5. The summed E-state index contributed by atoms with van der Waals surface area (Å²) in [6, 6.07) is 0. The van der Waals surface area contributed by atoms with Crippen LogP contribution >= 0.6 is 0 Å². The van der Waals surface area contributed by atoms with Crippen LogP contribution in [0.2, 0.25) is 0 Å². The minimum atomic E-state index is -3.51. The van der Waals surface area contributed by atoms with Crippen molar-refractivity contribution < 1.29 is 13.2 Å². The maximum atomic E-state index is 12.5. The van der Waals surface area contributed by atoms with Crippen molar-refractivity contribution in [2.24, 2.45) is 11.1 Å². The van der Waals surface area contributed by atoms with Crippen LogP contribution in [-0.2, 0) is 10.0 Å². The average molecular weight is 326 g/mol. The number of nitrogens with two attached hydrogens (primary N) is 1. The van der Waals surface area contributed by atoms with Gasteiger partial charge in [0.05, 0.1) is 17.0 Å². The fraction of sp³-hybridized carbons (Fsp3) is 0.643. The van der Waals surface area contributed by atoms with Crippen molar-refractivity contribution in [2.45, 2.75) is 33.1 Å². The van der Waals surface area contributed by atoms with Gasteiger partial charge in [0.2, 0.25) is 10.0 Å². The molecule has 0 spiro atoms. The monoisotopic (exact) mass is 326 g/mol. The van der Waals surface area contributed by atoms with E-state index in [-0.39, 0.29) is 23.5 Å². The first kappa shape index (κ1) is 16.8. The Kier molecular flexibility index (Phi) is 4.81. The van der Waals surface area contributed by atoms with E-state index in [2.05, 4.69) is 9.97 Å². The van der Waals surface area contributed by atoms with Crippen molar-refractivity contribution in [2.75, 3.05) is 18.8 Å². The highest BCUT2D eigenvalue weighted by molar-refractivity contribution is 7.89. The van der Waals surface area contributed by atoms with E-state index in [4.69, 9.17) is 5.14 Å². The lowest BCUT2D eigenvalue weighted by Crippen LogP contribution is -2.31. The normalized spacial score (nSPS) is 19.0. The zero-order chi connectivity index (χ0) is 16.5. The molecule has 0 radical (unpaired) electrons. The summed E-state index contributed by atoms with van der Waals surface area (Å²) in [5, 5.41) is 5.07. The van der Waals surface area contributed by atoms with Gasteiger partial charge in [0, 0.05) is 25.2 Å². The number of sulfonamides is 1. The summed E-state index contributed by atoms with van der Waals surface area (Å²) in [5.74, 6) is 0.578. The SMILES string of the molecule is Cc1nc(C(C)C)ncc1C(=O)N1CC[C@H](CS(N)(=O)=O)C1. The molecule has 1 saturated heterocycles. The number of likely N-dealkylation sites (tertiary alicyclic amines) is 1. The molecule has 122 valence electrons. The summed E-state index contributed by atoms with van der Waals surface area (Å²) < 4.78 is 22.3. The lowest BCUT2D eigenvalue weighted by molar-refractivity contribution is 0.0786. The second-order valence-corrected chi connectivity index (χ2v) is 7.78. The first-order valence-electron chi connectivity index (χ1n) is 7.30. The number of carbonyl (C=O) groups is 1. The number of hydrogen-bond donors (Lipinski definition) is 1. The second-order valence-electron chi connectivity index (χ2n) is 6.12. The molecule has 0 aliphatic carbocycles. The maximum Gasteiger partial charge on any atom is 0.257 e. The highest BCUT2D eigenvalue weighted by atomic mass is 32.2. The summed E-state index contributed by atoms with van der Waals surface area (Å²) in [4.78, 5) is 22.8. The zero-order valence-electron chi connectivity index (χ0n) is 13.1. The topological polar surface area (TPSA) is 106 Å². The van der Waals surface area contributed by atoms with E-state index in [1.165, 1.54) is 0 Å². The van der Waals surface area contributed by atoms with Gasteiger partial charge in [-0.1, -0.05) is 13.8 Å². The number of aryl methyl sites for hydroxylation is 1. The van der Waals surface area contributed by atoms with Crippen molar-refractivity contribution in [1.82, 2.24) is 14.9 Å². The van der Waals surface area contributed by atoms with Crippen LogP contribution in [0.4, 0.5) is 0 Å². The Balaban J connectivity index is 2.10. The Hall–Kier alpha value is -1.54. The zero-order valence-corrected chi connectivity index (χ0v) is 13.9. The van der Waals surface area contributed by atoms with Crippen LogP contribution in [0.1, 0.15) is 48.1 Å². The molecule has 2 heterocycles. The smallest absolute Gasteiger partial charge is 0.257 e. The Morgan fingerprint density at radius 2 is 2.18 bits per heavy atom. The molecule has 0 aromatic carbocycles. The number of carbonyl (C=O) groups excluding carboxylic acids is 1. The fourth-order valence-corrected chi connectivity index (χ4v) is 3.55. The molecular formula is C14H22N4O3S. The number of amides is 1. The molecule has 1 aliphatic rings. The lowest BCUT2D eigenvalue weighted by Gasteiger charge is -2.17. The molecule has 0 bridgehead atoms. The van der Waals surface area contributed by atoms with E-state index in [0.29, 0.717) is 36.6 Å². The molecule has 1 aliphatic heterocycles. The van der Waals surface area contributed by atoms with Gasteiger partial charge < -0.3 is 4.90 Å². The fourth-order valence-electron chi connectivity index (χ4n) is 2.63. The molecule has 0 unspecified atom stereocenters. The average Bonchev–Trinajstić information content (AvgIpc) is 2.83. The first-order valence-corrected chi connectivity index (χ1v) is 9.02. The van der Waals surface area contributed by atoms with E-state index in [1.807, 2.05) is 13.8 Å². The molecule has 0 saturated carbocycles. The highest BCUT2D eigenvalue weighted by Crippen LogP contribution is 2.21. The van der Waals surface area contributed by atoms with Gasteiger partial charge in [-0.2, -0.15) is 0 Å². The lowest BCUT2D eigenvalue weighted by atomic mass is 10.1. The minimum absolute atomic E-state index is 0.0848. The van der Waals surface area contributed by atoms with Crippen LogP contribution in [0.15, 0.2) is 6.20 Å². The Labute approximate surface area is 131 Å². The van der Waals surface area contributed by atoms with Crippen LogP contribution in [-0.4, -0.2) is 48.0 Å². The number of nitrogens with zero attached hydrogens (tertiary/aromatic N) is 3. The predicted octanol–water partition coefficient (Wildman–Crippen LogP) is 0.659. The predicted molar refractivity (Wildman–Crippen MR) is 82.8 cm³/mol. The molecule has 7 nitrogen and oxygen atoms in total. The van der Waals surface area contributed by atoms with Gasteiger partial charge in [-0.3, -0.25) is 4.79 Å². The van der Waals surface area contributed by atoms with E-state index in [0.717, 1.165) is 0 Å². The van der Waals surface area contributed by atoms with Gasteiger partial charge in [0.1, 0.15) is 5.82 Å². The van der Waals surface area contributed by atoms with Crippen LogP contribution in [0, 0.1) is 12.8 Å². The molecule has 22 heavy (non-hydrogen) atoms. The van der Waals surface area contributed by atoms with Gasteiger partial charge in [-0.25, -0.2) is 23.5 Å². The van der Waals surface area contributed by atoms with Crippen molar-refractivity contribution in [3.63, 3.8) is 0 Å². The number of aromatic nitrogens is 2. The molecule has 2 N–H and O–H groups in total. The van der Waals surface area contributed by atoms with Gasteiger partial charge in [0.25, 0.3) is 5.91 Å². The summed E-state index contributed by atoms with van der Waals surface area (Å²) in [5.41, 5.74) is 1.12. The van der Waals surface area contributed by atoms with Crippen LogP contribution in [0.25, 0.3) is 0 Å². The van der Waals surface area contributed by atoms with Gasteiger partial charge in [-0.15, -0.1) is 0 Å². The van der Waals surface area contributed by atoms with Gasteiger partial charge in [0.15, 0.2) is 0 Å². The van der Waals surface area contributed by atoms with Gasteiger partial charge in [-0.05, 0) is 19.3 Å². The summed E-state index contributed by atoms with van der Waals surface area (Å²) >= 11 is 0. The third-order valence-electron chi connectivity index (χ3n) is 3.79. The van der Waals surface area contributed by atoms with Crippen molar-refractivity contribution >= 4 is 15.9 Å². The third kappa shape index (κ3) is 4.01. The summed E-state index contributed by atoms with van der Waals surface area (Å²) in [7, 11) is -3.51. The largest absolute Gasteiger partial charge is 0.338 e.